The van der Waals surface area contributed by atoms with Gasteiger partial charge in [0.1, 0.15) is 5.82 Å². The molecule has 2 amide bonds. The van der Waals surface area contributed by atoms with Crippen LogP contribution in [0.2, 0.25) is 0 Å². The number of anilines is 1. The van der Waals surface area contributed by atoms with Crippen LogP contribution in [0.15, 0.2) is 48.5 Å². The van der Waals surface area contributed by atoms with Crippen LogP contribution in [-0.2, 0) is 0 Å². The van der Waals surface area contributed by atoms with Crippen LogP contribution >= 0.6 is 0 Å². The molecule has 2 N–H and O–H groups in total. The summed E-state index contributed by atoms with van der Waals surface area (Å²) in [5.74, 6) is -0.777. The lowest BCUT2D eigenvalue weighted by Gasteiger charge is -2.32. The Bertz CT molecular complexity index is 792. The minimum Gasteiger partial charge on any atom is -0.337 e. The predicted octanol–water partition coefficient (Wildman–Crippen LogP) is 2.90. The van der Waals surface area contributed by atoms with Crippen LogP contribution in [-0.4, -0.2) is 42.9 Å². The van der Waals surface area contributed by atoms with Gasteiger partial charge in [-0.2, -0.15) is 0 Å². The number of amides is 2. The number of benzene rings is 2. The van der Waals surface area contributed by atoms with Gasteiger partial charge in [0.05, 0.1) is 0 Å². The minimum atomic E-state index is -0.393. The highest BCUT2D eigenvalue weighted by Gasteiger charge is 2.23. The van der Waals surface area contributed by atoms with Crippen molar-refractivity contribution in [2.75, 3.05) is 25.5 Å². The molecule has 0 radical (unpaired) electrons. The Morgan fingerprint density at radius 3 is 2.62 bits per heavy atom. The molecule has 136 valence electrons. The fourth-order valence-corrected chi connectivity index (χ4v) is 3.11. The summed E-state index contributed by atoms with van der Waals surface area (Å²) in [6.45, 7) is 1.42. The van der Waals surface area contributed by atoms with E-state index in [-0.39, 0.29) is 11.8 Å². The van der Waals surface area contributed by atoms with Crippen LogP contribution in [0.5, 0.6) is 0 Å². The van der Waals surface area contributed by atoms with E-state index >= 15 is 0 Å². The van der Waals surface area contributed by atoms with Crippen LogP contribution in [0.3, 0.4) is 0 Å². The van der Waals surface area contributed by atoms with Crippen molar-refractivity contribution in [3.63, 3.8) is 0 Å². The Morgan fingerprint density at radius 1 is 1.12 bits per heavy atom. The molecular formula is C20H22FN3O2. The maximum atomic E-state index is 13.0. The number of halogens is 1. The van der Waals surface area contributed by atoms with Crippen molar-refractivity contribution >= 4 is 17.5 Å². The van der Waals surface area contributed by atoms with Gasteiger partial charge in [-0.15, -0.1) is 0 Å². The number of piperidine rings is 1. The number of carbonyl (C=O) groups excluding carboxylic acids is 2. The molecule has 1 aliphatic heterocycles. The average molecular weight is 355 g/mol. The normalized spacial score (nSPS) is 17.0. The summed E-state index contributed by atoms with van der Waals surface area (Å²) in [6, 6.07) is 12.5. The van der Waals surface area contributed by atoms with Crippen molar-refractivity contribution in [3.05, 3.63) is 65.5 Å². The fraction of sp³-hybridized carbons (Fsp3) is 0.300. The van der Waals surface area contributed by atoms with Gasteiger partial charge >= 0.3 is 0 Å². The van der Waals surface area contributed by atoms with Crippen molar-refractivity contribution in [2.45, 2.75) is 18.9 Å². The number of hydrogen-bond donors (Lipinski definition) is 2. The van der Waals surface area contributed by atoms with E-state index in [1.807, 2.05) is 11.9 Å². The van der Waals surface area contributed by atoms with Crippen LogP contribution < -0.4 is 10.6 Å². The summed E-state index contributed by atoms with van der Waals surface area (Å²) in [5.41, 5.74) is 1.43. The Morgan fingerprint density at radius 2 is 1.88 bits per heavy atom. The van der Waals surface area contributed by atoms with Gasteiger partial charge in [-0.1, -0.05) is 6.07 Å². The molecule has 0 aliphatic carbocycles. The molecule has 0 aromatic heterocycles. The number of carbonyl (C=O) groups is 2. The second kappa shape index (κ2) is 8.10. The maximum absolute atomic E-state index is 13.0. The van der Waals surface area contributed by atoms with Crippen molar-refractivity contribution in [3.8, 4) is 0 Å². The van der Waals surface area contributed by atoms with Gasteiger partial charge in [0.25, 0.3) is 11.8 Å². The number of likely N-dealkylation sites (tertiary alicyclic amines) is 1. The molecule has 0 bridgehead atoms. The molecule has 26 heavy (non-hydrogen) atoms. The molecule has 2 aromatic carbocycles. The molecule has 5 nitrogen and oxygen atoms in total. The number of hydrogen-bond acceptors (Lipinski definition) is 3. The lowest BCUT2D eigenvalue weighted by atomic mass is 10.0. The van der Waals surface area contributed by atoms with Crippen molar-refractivity contribution < 1.29 is 14.0 Å². The quantitative estimate of drug-likeness (QED) is 0.887. The molecule has 2 aromatic rings. The first-order valence-electron chi connectivity index (χ1n) is 8.70. The molecule has 1 fully saturated rings. The van der Waals surface area contributed by atoms with Gasteiger partial charge in [0.2, 0.25) is 0 Å². The van der Waals surface area contributed by atoms with Crippen molar-refractivity contribution in [1.82, 2.24) is 10.2 Å². The van der Waals surface area contributed by atoms with Crippen molar-refractivity contribution in [1.29, 1.82) is 0 Å². The van der Waals surface area contributed by atoms with E-state index in [4.69, 9.17) is 0 Å². The number of nitrogens with zero attached hydrogens (tertiary/aromatic N) is 1. The number of likely N-dealkylation sites (N-methyl/N-ethyl adjacent to an activating group) is 1. The van der Waals surface area contributed by atoms with Crippen LogP contribution in [0.25, 0.3) is 0 Å². The molecule has 6 heteroatoms. The Balaban J connectivity index is 1.70. The van der Waals surface area contributed by atoms with E-state index in [0.717, 1.165) is 19.4 Å². The van der Waals surface area contributed by atoms with E-state index in [0.29, 0.717) is 29.4 Å². The summed E-state index contributed by atoms with van der Waals surface area (Å²) >= 11 is 0. The monoisotopic (exact) mass is 355 g/mol. The lowest BCUT2D eigenvalue weighted by Crippen LogP contribution is -2.46. The molecule has 1 unspecified atom stereocenters. The molecule has 1 aliphatic rings. The number of rotatable bonds is 4. The second-order valence-electron chi connectivity index (χ2n) is 6.42. The van der Waals surface area contributed by atoms with E-state index in [1.54, 1.807) is 24.3 Å². The van der Waals surface area contributed by atoms with Crippen molar-refractivity contribution in [2.24, 2.45) is 0 Å². The highest BCUT2D eigenvalue weighted by Crippen LogP contribution is 2.17. The molecule has 1 atom stereocenters. The molecule has 3 rings (SSSR count). The van der Waals surface area contributed by atoms with Gasteiger partial charge in [-0.05, 0) is 62.4 Å². The molecule has 1 heterocycles. The van der Waals surface area contributed by atoms with E-state index in [1.165, 1.54) is 24.3 Å². The Hall–Kier alpha value is -2.73. The van der Waals surface area contributed by atoms with E-state index in [9.17, 15) is 14.0 Å². The highest BCUT2D eigenvalue weighted by molar-refractivity contribution is 6.05. The van der Waals surface area contributed by atoms with Crippen LogP contribution in [0.4, 0.5) is 10.1 Å². The topological polar surface area (TPSA) is 61.4 Å². The summed E-state index contributed by atoms with van der Waals surface area (Å²) in [5, 5.41) is 5.97. The van der Waals surface area contributed by atoms with E-state index < -0.39 is 5.82 Å². The molecule has 1 saturated heterocycles. The third-order valence-corrected chi connectivity index (χ3v) is 4.59. The fourth-order valence-electron chi connectivity index (χ4n) is 3.11. The summed E-state index contributed by atoms with van der Waals surface area (Å²) in [4.78, 5) is 26.8. The second-order valence-corrected chi connectivity index (χ2v) is 6.42. The Labute approximate surface area is 152 Å². The molecule has 0 spiro atoms. The van der Waals surface area contributed by atoms with E-state index in [2.05, 4.69) is 10.6 Å². The zero-order valence-electron chi connectivity index (χ0n) is 14.7. The first-order chi connectivity index (χ1) is 12.6. The third kappa shape index (κ3) is 4.26. The first kappa shape index (κ1) is 18.1. The zero-order chi connectivity index (χ0) is 18.5. The zero-order valence-corrected chi connectivity index (χ0v) is 14.7. The molecular weight excluding hydrogens is 333 g/mol. The number of nitrogens with one attached hydrogen (secondary N) is 2. The smallest absolute Gasteiger partial charge is 0.255 e. The highest BCUT2D eigenvalue weighted by atomic mass is 19.1. The van der Waals surface area contributed by atoms with Gasteiger partial charge in [0, 0.05) is 35.9 Å². The first-order valence-corrected chi connectivity index (χ1v) is 8.70. The Kier molecular flexibility index (Phi) is 5.63. The third-order valence-electron chi connectivity index (χ3n) is 4.59. The average Bonchev–Trinajstić information content (AvgIpc) is 2.68. The lowest BCUT2D eigenvalue weighted by molar-refractivity contribution is 0.0698. The van der Waals surface area contributed by atoms with Gasteiger partial charge in [-0.25, -0.2) is 4.39 Å². The van der Waals surface area contributed by atoms with Crippen LogP contribution in [0.1, 0.15) is 33.6 Å². The summed E-state index contributed by atoms with van der Waals surface area (Å²) in [7, 11) is 1.91. The van der Waals surface area contributed by atoms with Gasteiger partial charge < -0.3 is 15.5 Å². The largest absolute Gasteiger partial charge is 0.337 e. The minimum absolute atomic E-state index is 0.0390. The SMILES string of the molecule is CNC1CCCN(C(=O)c2cccc(NC(=O)c3ccc(F)cc3)c2)C1. The van der Waals surface area contributed by atoms with Gasteiger partial charge in [0.15, 0.2) is 0 Å². The van der Waals surface area contributed by atoms with Gasteiger partial charge in [-0.3, -0.25) is 9.59 Å². The van der Waals surface area contributed by atoms with Crippen LogP contribution in [0, 0.1) is 5.82 Å². The summed E-state index contributed by atoms with van der Waals surface area (Å²) < 4.78 is 13.0. The summed E-state index contributed by atoms with van der Waals surface area (Å²) in [6.07, 6.45) is 2.03. The predicted molar refractivity (Wildman–Crippen MR) is 98.8 cm³/mol. The maximum Gasteiger partial charge on any atom is 0.255 e. The molecule has 0 saturated carbocycles. The standard InChI is InChI=1S/C20H22FN3O2/c1-22-18-6-3-11-24(13-18)20(26)15-4-2-5-17(12-15)23-19(25)14-7-9-16(21)10-8-14/h2,4-5,7-10,12,18,22H,3,6,11,13H2,1H3,(H,23,25).